The van der Waals surface area contributed by atoms with Gasteiger partial charge in [0.15, 0.2) is 0 Å². The number of ether oxygens (including phenoxy) is 1. The highest BCUT2D eigenvalue weighted by atomic mass is 16.5. The van der Waals surface area contributed by atoms with Crippen LogP contribution in [0.3, 0.4) is 0 Å². The molecule has 8 nitrogen and oxygen atoms in total. The Bertz CT molecular complexity index is 907. The fourth-order valence-electron chi connectivity index (χ4n) is 2.58. The number of nitrogen functional groups attached to an aromatic ring is 1. The SMILES string of the molecule is COc1cc(C(N)=O)cc(N)c1NCc1cn(Cc2ccccc2)nn1. The Kier molecular flexibility index (Phi) is 5.02. The van der Waals surface area contributed by atoms with Crippen LogP contribution in [0.5, 0.6) is 5.75 Å². The third kappa shape index (κ3) is 3.92. The smallest absolute Gasteiger partial charge is 0.248 e. The average Bonchev–Trinajstić information content (AvgIpc) is 3.08. The first-order valence-electron chi connectivity index (χ1n) is 8.01. The molecule has 0 unspecified atom stereocenters. The Morgan fingerprint density at radius 3 is 2.73 bits per heavy atom. The molecule has 134 valence electrons. The first-order valence-corrected chi connectivity index (χ1v) is 8.01. The summed E-state index contributed by atoms with van der Waals surface area (Å²) in [6, 6.07) is 13.1. The quantitative estimate of drug-likeness (QED) is 0.556. The Balaban J connectivity index is 1.70. The number of primary amides is 1. The van der Waals surface area contributed by atoms with E-state index >= 15 is 0 Å². The van der Waals surface area contributed by atoms with Crippen molar-refractivity contribution in [3.63, 3.8) is 0 Å². The summed E-state index contributed by atoms with van der Waals surface area (Å²) in [6.45, 7) is 1.05. The van der Waals surface area contributed by atoms with Crippen LogP contribution in [-0.4, -0.2) is 28.0 Å². The van der Waals surface area contributed by atoms with Crippen LogP contribution in [0, 0.1) is 0 Å². The molecule has 26 heavy (non-hydrogen) atoms. The number of nitrogens with one attached hydrogen (secondary N) is 1. The fraction of sp³-hybridized carbons (Fsp3) is 0.167. The number of carbonyl (C=O) groups excluding carboxylic acids is 1. The van der Waals surface area contributed by atoms with Gasteiger partial charge in [0, 0.05) is 5.56 Å². The van der Waals surface area contributed by atoms with Gasteiger partial charge in [0.1, 0.15) is 17.1 Å². The van der Waals surface area contributed by atoms with E-state index in [2.05, 4.69) is 15.6 Å². The first-order chi connectivity index (χ1) is 12.6. The summed E-state index contributed by atoms with van der Waals surface area (Å²) in [5.41, 5.74) is 14.4. The molecule has 0 saturated heterocycles. The zero-order valence-electron chi connectivity index (χ0n) is 14.3. The number of rotatable bonds is 7. The molecule has 5 N–H and O–H groups in total. The highest BCUT2D eigenvalue weighted by Crippen LogP contribution is 2.32. The molecule has 0 fully saturated rings. The first kappa shape index (κ1) is 17.3. The molecule has 8 heteroatoms. The summed E-state index contributed by atoms with van der Waals surface area (Å²) < 4.78 is 7.07. The van der Waals surface area contributed by atoms with Crippen LogP contribution in [0.4, 0.5) is 11.4 Å². The minimum atomic E-state index is -0.564. The second kappa shape index (κ2) is 7.56. The molecule has 3 aromatic rings. The number of anilines is 2. The van der Waals surface area contributed by atoms with Crippen molar-refractivity contribution in [2.75, 3.05) is 18.2 Å². The second-order valence-electron chi connectivity index (χ2n) is 5.75. The standard InChI is InChI=1S/C18H20N6O2/c1-26-16-8-13(18(20)25)7-15(19)17(16)21-9-14-11-24(23-22-14)10-12-5-3-2-4-6-12/h2-8,11,21H,9-10,19H2,1H3,(H2,20,25). The molecule has 3 rings (SSSR count). The number of nitrogens with zero attached hydrogens (tertiary/aromatic N) is 3. The van der Waals surface area contributed by atoms with Crippen LogP contribution < -0.4 is 21.5 Å². The number of benzene rings is 2. The van der Waals surface area contributed by atoms with Crippen LogP contribution in [0.25, 0.3) is 0 Å². The van der Waals surface area contributed by atoms with Gasteiger partial charge in [-0.15, -0.1) is 5.10 Å². The van der Waals surface area contributed by atoms with Crippen molar-refractivity contribution >= 4 is 17.3 Å². The predicted molar refractivity (Wildman–Crippen MR) is 98.8 cm³/mol. The Morgan fingerprint density at radius 1 is 1.27 bits per heavy atom. The van der Waals surface area contributed by atoms with E-state index in [0.29, 0.717) is 35.8 Å². The van der Waals surface area contributed by atoms with Gasteiger partial charge < -0.3 is 21.5 Å². The van der Waals surface area contributed by atoms with E-state index in [1.165, 1.54) is 13.2 Å². The van der Waals surface area contributed by atoms with Gasteiger partial charge in [-0.3, -0.25) is 4.79 Å². The van der Waals surface area contributed by atoms with Gasteiger partial charge in [-0.2, -0.15) is 0 Å². The van der Waals surface area contributed by atoms with Crippen molar-refractivity contribution in [1.29, 1.82) is 0 Å². The number of hydrogen-bond acceptors (Lipinski definition) is 6. The summed E-state index contributed by atoms with van der Waals surface area (Å²) in [7, 11) is 1.50. The van der Waals surface area contributed by atoms with Crippen molar-refractivity contribution in [2.24, 2.45) is 5.73 Å². The lowest BCUT2D eigenvalue weighted by atomic mass is 10.1. The van der Waals surface area contributed by atoms with E-state index < -0.39 is 5.91 Å². The van der Waals surface area contributed by atoms with Crippen LogP contribution in [0.1, 0.15) is 21.6 Å². The normalized spacial score (nSPS) is 10.5. The van der Waals surface area contributed by atoms with Crippen LogP contribution in [-0.2, 0) is 13.1 Å². The average molecular weight is 352 g/mol. The number of methoxy groups -OCH3 is 1. The van der Waals surface area contributed by atoms with Crippen molar-refractivity contribution in [1.82, 2.24) is 15.0 Å². The minimum Gasteiger partial charge on any atom is -0.494 e. The molecule has 0 aliphatic heterocycles. The third-order valence-corrected chi connectivity index (χ3v) is 3.86. The highest BCUT2D eigenvalue weighted by molar-refractivity contribution is 5.96. The molecule has 0 radical (unpaired) electrons. The summed E-state index contributed by atoms with van der Waals surface area (Å²) in [4.78, 5) is 11.3. The van der Waals surface area contributed by atoms with Crippen LogP contribution in [0.15, 0.2) is 48.7 Å². The summed E-state index contributed by atoms with van der Waals surface area (Å²) in [5.74, 6) is -0.124. The maximum absolute atomic E-state index is 11.3. The zero-order chi connectivity index (χ0) is 18.5. The Labute approximate surface area is 150 Å². The largest absolute Gasteiger partial charge is 0.494 e. The molecule has 1 heterocycles. The van der Waals surface area contributed by atoms with Gasteiger partial charge in [0.05, 0.1) is 32.1 Å². The molecule has 0 spiro atoms. The van der Waals surface area contributed by atoms with Crippen molar-refractivity contribution in [3.8, 4) is 5.75 Å². The summed E-state index contributed by atoms with van der Waals surface area (Å²) >= 11 is 0. The van der Waals surface area contributed by atoms with Gasteiger partial charge in [-0.25, -0.2) is 4.68 Å². The molecule has 1 aromatic heterocycles. The summed E-state index contributed by atoms with van der Waals surface area (Å²) in [5, 5.41) is 11.5. The maximum atomic E-state index is 11.3. The molecular weight excluding hydrogens is 332 g/mol. The van der Waals surface area contributed by atoms with Crippen molar-refractivity contribution in [2.45, 2.75) is 13.1 Å². The number of aromatic nitrogens is 3. The number of carbonyl (C=O) groups is 1. The zero-order valence-corrected chi connectivity index (χ0v) is 14.3. The van der Waals surface area contributed by atoms with E-state index in [9.17, 15) is 4.79 Å². The molecule has 1 amide bonds. The maximum Gasteiger partial charge on any atom is 0.248 e. The molecule has 0 bridgehead atoms. The van der Waals surface area contributed by atoms with Crippen molar-refractivity contribution in [3.05, 3.63) is 65.5 Å². The van der Waals surface area contributed by atoms with E-state index in [-0.39, 0.29) is 0 Å². The van der Waals surface area contributed by atoms with E-state index in [4.69, 9.17) is 16.2 Å². The Morgan fingerprint density at radius 2 is 2.04 bits per heavy atom. The van der Waals surface area contributed by atoms with Gasteiger partial charge in [-0.05, 0) is 17.7 Å². The number of hydrogen-bond donors (Lipinski definition) is 3. The molecule has 0 atom stereocenters. The van der Waals surface area contributed by atoms with Gasteiger partial charge in [0.2, 0.25) is 5.91 Å². The summed E-state index contributed by atoms with van der Waals surface area (Å²) in [6.07, 6.45) is 1.86. The van der Waals surface area contributed by atoms with E-state index in [1.54, 1.807) is 10.7 Å². The minimum absolute atomic E-state index is 0.290. The second-order valence-corrected chi connectivity index (χ2v) is 5.75. The Hall–Kier alpha value is -3.55. The monoisotopic (exact) mass is 352 g/mol. The van der Waals surface area contributed by atoms with E-state index in [1.807, 2.05) is 36.5 Å². The lowest BCUT2D eigenvalue weighted by molar-refractivity contribution is 0.1000. The number of nitrogens with two attached hydrogens (primary N) is 2. The lowest BCUT2D eigenvalue weighted by Crippen LogP contribution is -2.13. The number of amides is 1. The predicted octanol–water partition coefficient (Wildman–Crippen LogP) is 1.63. The van der Waals surface area contributed by atoms with Gasteiger partial charge in [0.25, 0.3) is 0 Å². The van der Waals surface area contributed by atoms with Crippen LogP contribution >= 0.6 is 0 Å². The lowest BCUT2D eigenvalue weighted by Gasteiger charge is -2.14. The molecule has 0 saturated carbocycles. The third-order valence-electron chi connectivity index (χ3n) is 3.86. The molecular formula is C18H20N6O2. The topological polar surface area (TPSA) is 121 Å². The van der Waals surface area contributed by atoms with E-state index in [0.717, 1.165) is 11.3 Å². The molecule has 2 aromatic carbocycles. The molecule has 0 aliphatic rings. The van der Waals surface area contributed by atoms with Crippen molar-refractivity contribution < 1.29 is 9.53 Å². The fourth-order valence-corrected chi connectivity index (χ4v) is 2.58. The highest BCUT2D eigenvalue weighted by Gasteiger charge is 2.13. The van der Waals surface area contributed by atoms with Gasteiger partial charge >= 0.3 is 0 Å². The molecule has 0 aliphatic carbocycles. The van der Waals surface area contributed by atoms with Crippen LogP contribution in [0.2, 0.25) is 0 Å². The van der Waals surface area contributed by atoms with Gasteiger partial charge in [-0.1, -0.05) is 35.5 Å².